The van der Waals surface area contributed by atoms with Crippen LogP contribution in [0, 0.1) is 0 Å². The monoisotopic (exact) mass is 266 g/mol. The van der Waals surface area contributed by atoms with Crippen LogP contribution in [0.25, 0.3) is 0 Å². The van der Waals surface area contributed by atoms with Crippen molar-refractivity contribution in [3.05, 3.63) is 34.3 Å². The molecule has 1 aromatic rings. The molecule has 0 aliphatic heterocycles. The maximum Gasteiger partial charge on any atom is 0.417 e. The summed E-state index contributed by atoms with van der Waals surface area (Å²) in [5.41, 5.74) is -0.895. The zero-order valence-electron chi connectivity index (χ0n) is 8.88. The molecular weight excluding hydrogens is 257 g/mol. The summed E-state index contributed by atoms with van der Waals surface area (Å²) in [7, 11) is 0. The Labute approximate surface area is 101 Å². The summed E-state index contributed by atoms with van der Waals surface area (Å²) in [6, 6.07) is 3.18. The van der Waals surface area contributed by atoms with Crippen molar-refractivity contribution in [2.45, 2.75) is 25.4 Å². The van der Waals surface area contributed by atoms with Gasteiger partial charge in [-0.25, -0.2) is 0 Å². The van der Waals surface area contributed by atoms with Crippen LogP contribution in [0.15, 0.2) is 18.2 Å². The van der Waals surface area contributed by atoms with E-state index in [2.05, 4.69) is 0 Å². The van der Waals surface area contributed by atoms with Crippen LogP contribution in [0.2, 0.25) is 5.02 Å². The number of benzene rings is 1. The van der Waals surface area contributed by atoms with Gasteiger partial charge < -0.3 is 5.11 Å². The Morgan fingerprint density at radius 3 is 2.47 bits per heavy atom. The second-order valence-electron chi connectivity index (χ2n) is 3.54. The average Bonchev–Trinajstić information content (AvgIpc) is 2.19. The number of hydrogen-bond acceptors (Lipinski definition) is 1. The minimum absolute atomic E-state index is 0.108. The van der Waals surface area contributed by atoms with E-state index in [0.29, 0.717) is 0 Å². The number of hydrogen-bond donors (Lipinski definition) is 1. The van der Waals surface area contributed by atoms with E-state index < -0.39 is 28.6 Å². The lowest BCUT2D eigenvalue weighted by molar-refractivity contribution is -0.140. The summed E-state index contributed by atoms with van der Waals surface area (Å²) in [4.78, 5) is 10.9. The maximum atomic E-state index is 12.6. The molecule has 94 valence electrons. The van der Waals surface area contributed by atoms with Crippen molar-refractivity contribution in [3.63, 3.8) is 0 Å². The second-order valence-corrected chi connectivity index (χ2v) is 3.94. The molecule has 17 heavy (non-hydrogen) atoms. The molecule has 0 aliphatic rings. The molecule has 0 fully saturated rings. The maximum absolute atomic E-state index is 12.6. The van der Waals surface area contributed by atoms with Crippen LogP contribution in [0.4, 0.5) is 13.2 Å². The second kappa shape index (κ2) is 4.96. The minimum Gasteiger partial charge on any atom is -0.481 e. The molecule has 0 spiro atoms. The van der Waals surface area contributed by atoms with Crippen molar-refractivity contribution in [1.82, 2.24) is 0 Å². The fourth-order valence-corrected chi connectivity index (χ4v) is 1.75. The molecule has 0 bridgehead atoms. The molecule has 1 unspecified atom stereocenters. The van der Waals surface area contributed by atoms with E-state index in [1.54, 1.807) is 6.92 Å². The molecule has 0 heterocycles. The highest BCUT2D eigenvalue weighted by atomic mass is 35.5. The van der Waals surface area contributed by atoms with Gasteiger partial charge in [-0.3, -0.25) is 4.79 Å². The van der Waals surface area contributed by atoms with Gasteiger partial charge >= 0.3 is 12.1 Å². The molecule has 6 heteroatoms. The van der Waals surface area contributed by atoms with E-state index in [-0.39, 0.29) is 12.0 Å². The Bertz CT molecular complexity index is 429. The van der Waals surface area contributed by atoms with Gasteiger partial charge in [0, 0.05) is 0 Å². The number of carboxylic acid groups (broad SMARTS) is 1. The van der Waals surface area contributed by atoms with Crippen LogP contribution in [0.5, 0.6) is 0 Å². The van der Waals surface area contributed by atoms with E-state index in [0.717, 1.165) is 12.1 Å². The van der Waals surface area contributed by atoms with Gasteiger partial charge in [0.2, 0.25) is 0 Å². The van der Waals surface area contributed by atoms with Gasteiger partial charge in [-0.2, -0.15) is 13.2 Å². The summed E-state index contributed by atoms with van der Waals surface area (Å²) in [5, 5.41) is 8.45. The SMILES string of the molecule is CCC(C(=O)O)c1ccc(Cl)c(C(F)(F)F)c1. The first kappa shape index (κ1) is 13.8. The first-order valence-electron chi connectivity index (χ1n) is 4.86. The standard InChI is InChI=1S/C11H10ClF3O2/c1-2-7(10(16)17)6-3-4-9(12)8(5-6)11(13,14)15/h3-5,7H,2H2,1H3,(H,16,17). The van der Waals surface area contributed by atoms with Crippen LogP contribution in [0.1, 0.15) is 30.4 Å². The normalized spacial score (nSPS) is 13.5. The van der Waals surface area contributed by atoms with Crippen molar-refractivity contribution in [2.24, 2.45) is 0 Å². The summed E-state index contributed by atoms with van der Waals surface area (Å²) in [5.74, 6) is -2.10. The van der Waals surface area contributed by atoms with Crippen molar-refractivity contribution in [1.29, 1.82) is 0 Å². The molecule has 0 saturated carbocycles. The van der Waals surface area contributed by atoms with E-state index in [1.165, 1.54) is 6.07 Å². The first-order valence-corrected chi connectivity index (χ1v) is 5.24. The lowest BCUT2D eigenvalue weighted by atomic mass is 9.95. The lowest BCUT2D eigenvalue weighted by Gasteiger charge is -2.14. The molecule has 0 aromatic heterocycles. The molecule has 2 nitrogen and oxygen atoms in total. The van der Waals surface area contributed by atoms with Crippen LogP contribution < -0.4 is 0 Å². The van der Waals surface area contributed by atoms with Crippen molar-refractivity contribution < 1.29 is 23.1 Å². The van der Waals surface area contributed by atoms with Crippen molar-refractivity contribution in [3.8, 4) is 0 Å². The highest BCUT2D eigenvalue weighted by Crippen LogP contribution is 2.36. The van der Waals surface area contributed by atoms with Crippen molar-refractivity contribution in [2.75, 3.05) is 0 Å². The molecule has 0 amide bonds. The first-order chi connectivity index (χ1) is 7.77. The Morgan fingerprint density at radius 1 is 1.47 bits per heavy atom. The summed E-state index contributed by atoms with van der Waals surface area (Å²) < 4.78 is 37.7. The van der Waals surface area contributed by atoms with Gasteiger partial charge in [-0.05, 0) is 24.1 Å². The minimum atomic E-state index is -4.58. The zero-order valence-corrected chi connectivity index (χ0v) is 9.64. The van der Waals surface area contributed by atoms with Crippen LogP contribution in [-0.2, 0) is 11.0 Å². The third kappa shape index (κ3) is 3.12. The Kier molecular flexibility index (Phi) is 4.03. The smallest absolute Gasteiger partial charge is 0.417 e. The Hall–Kier alpha value is -1.23. The molecule has 0 aliphatic carbocycles. The molecular formula is C11H10ClF3O2. The van der Waals surface area contributed by atoms with Gasteiger partial charge in [0.15, 0.2) is 0 Å². The fourth-order valence-electron chi connectivity index (χ4n) is 1.53. The number of carboxylic acids is 1. The summed E-state index contributed by atoms with van der Waals surface area (Å²) >= 11 is 5.44. The van der Waals surface area contributed by atoms with Gasteiger partial charge in [0.05, 0.1) is 16.5 Å². The third-order valence-electron chi connectivity index (χ3n) is 2.40. The van der Waals surface area contributed by atoms with Gasteiger partial charge in [0.25, 0.3) is 0 Å². The van der Waals surface area contributed by atoms with Crippen LogP contribution in [-0.4, -0.2) is 11.1 Å². The highest BCUT2D eigenvalue weighted by Gasteiger charge is 2.34. The van der Waals surface area contributed by atoms with E-state index in [9.17, 15) is 18.0 Å². The molecule has 0 saturated heterocycles. The lowest BCUT2D eigenvalue weighted by Crippen LogP contribution is -2.13. The van der Waals surface area contributed by atoms with Gasteiger partial charge in [-0.1, -0.05) is 24.6 Å². The quantitative estimate of drug-likeness (QED) is 0.900. The number of halogens is 4. The molecule has 1 atom stereocenters. The summed E-state index contributed by atoms with van der Waals surface area (Å²) in [6.45, 7) is 1.60. The van der Waals surface area contributed by atoms with Gasteiger partial charge in [0.1, 0.15) is 0 Å². The molecule has 1 aromatic carbocycles. The van der Waals surface area contributed by atoms with Crippen LogP contribution in [0.3, 0.4) is 0 Å². The van der Waals surface area contributed by atoms with Gasteiger partial charge in [-0.15, -0.1) is 0 Å². The summed E-state index contributed by atoms with van der Waals surface area (Å²) in [6.07, 6.45) is -4.36. The predicted molar refractivity (Wildman–Crippen MR) is 57.1 cm³/mol. The van der Waals surface area contributed by atoms with Crippen LogP contribution >= 0.6 is 11.6 Å². The number of carbonyl (C=O) groups is 1. The number of aliphatic carboxylic acids is 1. The largest absolute Gasteiger partial charge is 0.481 e. The average molecular weight is 267 g/mol. The number of alkyl halides is 3. The highest BCUT2D eigenvalue weighted by molar-refractivity contribution is 6.31. The zero-order chi connectivity index (χ0) is 13.2. The Morgan fingerprint density at radius 2 is 2.06 bits per heavy atom. The third-order valence-corrected chi connectivity index (χ3v) is 2.73. The molecule has 0 radical (unpaired) electrons. The van der Waals surface area contributed by atoms with E-state index in [4.69, 9.17) is 16.7 Å². The molecule has 1 rings (SSSR count). The van der Waals surface area contributed by atoms with E-state index in [1.807, 2.05) is 0 Å². The topological polar surface area (TPSA) is 37.3 Å². The Balaban J connectivity index is 3.25. The van der Waals surface area contributed by atoms with E-state index >= 15 is 0 Å². The number of rotatable bonds is 3. The predicted octanol–water partition coefficient (Wildman–Crippen LogP) is 3.94. The van der Waals surface area contributed by atoms with Crippen molar-refractivity contribution >= 4 is 17.6 Å². The molecule has 1 N–H and O–H groups in total. The fraction of sp³-hybridized carbons (Fsp3) is 0.364.